The number of piperazine rings is 1. The molecule has 1 unspecified atom stereocenters. The van der Waals surface area contributed by atoms with Gasteiger partial charge in [0.05, 0.1) is 16.9 Å². The van der Waals surface area contributed by atoms with Crippen molar-refractivity contribution in [3.8, 4) is 17.0 Å². The van der Waals surface area contributed by atoms with Crippen LogP contribution >= 0.6 is 0 Å². The zero-order valence-electron chi connectivity index (χ0n) is 20.7. The molecule has 1 fully saturated rings. The van der Waals surface area contributed by atoms with Crippen molar-refractivity contribution in [2.45, 2.75) is 19.8 Å². The van der Waals surface area contributed by atoms with Gasteiger partial charge in [0.2, 0.25) is 0 Å². The molecule has 0 saturated carbocycles. The van der Waals surface area contributed by atoms with E-state index in [2.05, 4.69) is 37.2 Å². The molecule has 9 nitrogen and oxygen atoms in total. The first-order chi connectivity index (χ1) is 17.3. The number of benzene rings is 2. The molecule has 36 heavy (non-hydrogen) atoms. The second-order valence-electron chi connectivity index (χ2n) is 9.57. The Balaban J connectivity index is 1.30. The van der Waals surface area contributed by atoms with Crippen molar-refractivity contribution < 1.29 is 15.0 Å². The van der Waals surface area contributed by atoms with Crippen LogP contribution in [0.25, 0.3) is 22.2 Å². The minimum Gasteiger partial charge on any atom is -0.507 e. The SMILES string of the molecule is CC(C)C(C(=O)O)c1cc(N2CCN(c3ccc4cc(-c5ccccc5O)nnc4c3)CC2)n(C)n1. The average Bonchev–Trinajstić information content (AvgIpc) is 3.24. The molecule has 2 aromatic carbocycles. The Bertz CT molecular complexity index is 1410. The second-order valence-corrected chi connectivity index (χ2v) is 9.57. The minimum absolute atomic E-state index is 0.0347. The molecule has 2 N–H and O–H groups in total. The Hall–Kier alpha value is -4.14. The predicted molar refractivity (Wildman–Crippen MR) is 139 cm³/mol. The van der Waals surface area contributed by atoms with Gasteiger partial charge in [-0.05, 0) is 36.2 Å². The van der Waals surface area contributed by atoms with Crippen LogP contribution in [0, 0.1) is 5.92 Å². The molecule has 0 aliphatic carbocycles. The van der Waals surface area contributed by atoms with Gasteiger partial charge in [0.15, 0.2) is 0 Å². The van der Waals surface area contributed by atoms with E-state index in [4.69, 9.17) is 0 Å². The summed E-state index contributed by atoms with van der Waals surface area (Å²) in [5.41, 5.74) is 3.80. The molecular formula is C27H30N6O3. The van der Waals surface area contributed by atoms with Gasteiger partial charge in [-0.15, -0.1) is 10.2 Å². The number of carboxylic acid groups (broad SMARTS) is 1. The summed E-state index contributed by atoms with van der Waals surface area (Å²) >= 11 is 0. The molecule has 1 saturated heterocycles. The van der Waals surface area contributed by atoms with Gasteiger partial charge in [0.25, 0.3) is 0 Å². The van der Waals surface area contributed by atoms with Crippen LogP contribution in [0.15, 0.2) is 54.6 Å². The molecule has 1 aliphatic heterocycles. The third-order valence-electron chi connectivity index (χ3n) is 6.85. The summed E-state index contributed by atoms with van der Waals surface area (Å²) in [6, 6.07) is 17.2. The Morgan fingerprint density at radius 2 is 1.67 bits per heavy atom. The molecule has 5 rings (SSSR count). The molecular weight excluding hydrogens is 456 g/mol. The lowest BCUT2D eigenvalue weighted by Crippen LogP contribution is -2.47. The van der Waals surface area contributed by atoms with Gasteiger partial charge in [-0.1, -0.05) is 32.0 Å². The Morgan fingerprint density at radius 3 is 2.36 bits per heavy atom. The number of aromatic nitrogens is 4. The van der Waals surface area contributed by atoms with Crippen LogP contribution in [-0.2, 0) is 11.8 Å². The monoisotopic (exact) mass is 486 g/mol. The Morgan fingerprint density at radius 1 is 0.944 bits per heavy atom. The fourth-order valence-corrected chi connectivity index (χ4v) is 4.92. The summed E-state index contributed by atoms with van der Waals surface area (Å²) in [7, 11) is 1.87. The molecule has 186 valence electrons. The summed E-state index contributed by atoms with van der Waals surface area (Å²) in [5.74, 6) is -0.364. The average molecular weight is 487 g/mol. The van der Waals surface area contributed by atoms with Crippen LogP contribution in [0.1, 0.15) is 25.5 Å². The van der Waals surface area contributed by atoms with Crippen molar-refractivity contribution >= 4 is 28.4 Å². The summed E-state index contributed by atoms with van der Waals surface area (Å²) in [4.78, 5) is 16.3. The van der Waals surface area contributed by atoms with Crippen molar-refractivity contribution in [1.82, 2.24) is 20.0 Å². The molecule has 9 heteroatoms. The van der Waals surface area contributed by atoms with E-state index < -0.39 is 11.9 Å². The number of phenolic OH excluding ortho intramolecular Hbond substituents is 1. The van der Waals surface area contributed by atoms with Gasteiger partial charge >= 0.3 is 5.97 Å². The van der Waals surface area contributed by atoms with E-state index in [0.717, 1.165) is 48.6 Å². The minimum atomic E-state index is -0.841. The lowest BCUT2D eigenvalue weighted by atomic mass is 9.93. The number of aryl methyl sites for hydroxylation is 1. The summed E-state index contributed by atoms with van der Waals surface area (Å²) < 4.78 is 1.79. The number of aliphatic carboxylic acids is 1. The third-order valence-corrected chi connectivity index (χ3v) is 6.85. The summed E-state index contributed by atoms with van der Waals surface area (Å²) in [5, 5.41) is 34.0. The number of rotatable bonds is 6. The van der Waals surface area contributed by atoms with Gasteiger partial charge in [-0.3, -0.25) is 9.48 Å². The first-order valence-electron chi connectivity index (χ1n) is 12.1. The standard InChI is InChI=1S/C27H30N6O3/c1-17(2)26(27(35)36)23-16-25(31(3)30-23)33-12-10-32(11-13-33)19-9-8-18-14-22(29-28-21(18)15-19)20-6-4-5-7-24(20)34/h4-9,14-17,26,34H,10-13H2,1-3H3,(H,35,36). The molecule has 0 bridgehead atoms. The summed E-state index contributed by atoms with van der Waals surface area (Å²) in [6.07, 6.45) is 0. The summed E-state index contributed by atoms with van der Waals surface area (Å²) in [6.45, 7) is 7.06. The highest BCUT2D eigenvalue weighted by molar-refractivity contribution is 5.85. The molecule has 2 aromatic heterocycles. The Kier molecular flexibility index (Phi) is 6.22. The van der Waals surface area contributed by atoms with E-state index in [0.29, 0.717) is 17.0 Å². The first kappa shape index (κ1) is 23.6. The highest BCUT2D eigenvalue weighted by atomic mass is 16.4. The van der Waals surface area contributed by atoms with Gasteiger partial charge in [0.1, 0.15) is 17.5 Å². The number of nitrogens with zero attached hydrogens (tertiary/aromatic N) is 6. The van der Waals surface area contributed by atoms with Crippen LogP contribution in [-0.4, -0.2) is 62.3 Å². The fourth-order valence-electron chi connectivity index (χ4n) is 4.92. The van der Waals surface area contributed by atoms with E-state index in [1.54, 1.807) is 16.8 Å². The number of hydrogen-bond donors (Lipinski definition) is 2. The van der Waals surface area contributed by atoms with Crippen LogP contribution in [0.4, 0.5) is 11.5 Å². The topological polar surface area (TPSA) is 108 Å². The predicted octanol–water partition coefficient (Wildman–Crippen LogP) is 3.89. The van der Waals surface area contributed by atoms with Crippen molar-refractivity contribution in [3.63, 3.8) is 0 Å². The van der Waals surface area contributed by atoms with Crippen LogP contribution in [0.3, 0.4) is 0 Å². The molecule has 4 aromatic rings. The molecule has 0 amide bonds. The van der Waals surface area contributed by atoms with Crippen molar-refractivity contribution in [3.05, 3.63) is 60.3 Å². The largest absolute Gasteiger partial charge is 0.507 e. The van der Waals surface area contributed by atoms with E-state index in [9.17, 15) is 15.0 Å². The van der Waals surface area contributed by atoms with E-state index in [-0.39, 0.29) is 11.7 Å². The molecule has 1 aliphatic rings. The number of para-hydroxylation sites is 1. The maximum atomic E-state index is 11.7. The molecule has 3 heterocycles. The van der Waals surface area contributed by atoms with Crippen molar-refractivity contribution in [2.75, 3.05) is 36.0 Å². The molecule has 0 radical (unpaired) electrons. The number of hydrogen-bond acceptors (Lipinski definition) is 7. The van der Waals surface area contributed by atoms with Gasteiger partial charge in [0, 0.05) is 55.9 Å². The number of anilines is 2. The highest BCUT2D eigenvalue weighted by Gasteiger charge is 2.29. The van der Waals surface area contributed by atoms with E-state index >= 15 is 0 Å². The van der Waals surface area contributed by atoms with Gasteiger partial charge in [-0.2, -0.15) is 5.10 Å². The third kappa shape index (κ3) is 4.44. The van der Waals surface area contributed by atoms with Crippen LogP contribution in [0.5, 0.6) is 5.75 Å². The number of phenols is 1. The number of fused-ring (bicyclic) bond motifs is 1. The normalized spacial score (nSPS) is 15.0. The lowest BCUT2D eigenvalue weighted by Gasteiger charge is -2.37. The maximum absolute atomic E-state index is 11.7. The number of carboxylic acids is 1. The zero-order valence-corrected chi connectivity index (χ0v) is 20.7. The fraction of sp³-hybridized carbons (Fsp3) is 0.333. The quantitative estimate of drug-likeness (QED) is 0.423. The van der Waals surface area contributed by atoms with E-state index in [1.807, 2.05) is 51.2 Å². The smallest absolute Gasteiger partial charge is 0.312 e. The van der Waals surface area contributed by atoms with Crippen molar-refractivity contribution in [2.24, 2.45) is 13.0 Å². The zero-order chi connectivity index (χ0) is 25.4. The van der Waals surface area contributed by atoms with Gasteiger partial charge in [-0.25, -0.2) is 0 Å². The Labute approximate surface area is 209 Å². The van der Waals surface area contributed by atoms with Crippen LogP contribution in [0.2, 0.25) is 0 Å². The van der Waals surface area contributed by atoms with E-state index in [1.165, 1.54) is 0 Å². The number of carbonyl (C=O) groups is 1. The number of aromatic hydroxyl groups is 1. The van der Waals surface area contributed by atoms with Gasteiger partial charge < -0.3 is 20.0 Å². The molecule has 0 spiro atoms. The first-order valence-corrected chi connectivity index (χ1v) is 12.1. The molecule has 1 atom stereocenters. The highest BCUT2D eigenvalue weighted by Crippen LogP contribution is 2.31. The lowest BCUT2D eigenvalue weighted by molar-refractivity contribution is -0.140. The van der Waals surface area contributed by atoms with Crippen LogP contribution < -0.4 is 9.80 Å². The van der Waals surface area contributed by atoms with Crippen molar-refractivity contribution in [1.29, 1.82) is 0 Å². The second kappa shape index (κ2) is 9.49. The maximum Gasteiger partial charge on any atom is 0.312 e.